The third kappa shape index (κ3) is 2.92. The third-order valence-corrected chi connectivity index (χ3v) is 14.2. The zero-order chi connectivity index (χ0) is 23.2. The highest BCUT2D eigenvalue weighted by Gasteiger charge is 2.70. The van der Waals surface area contributed by atoms with Gasteiger partial charge in [-0.25, -0.2) is 0 Å². The zero-order valence-electron chi connectivity index (χ0n) is 23.2. The Morgan fingerprint density at radius 1 is 0.656 bits per heavy atom. The summed E-state index contributed by atoms with van der Waals surface area (Å²) in [6.45, 7) is 21.4. The lowest BCUT2D eigenvalue weighted by atomic mass is 9.32. The third-order valence-electron chi connectivity index (χ3n) is 14.2. The molecule has 5 aliphatic carbocycles. The van der Waals surface area contributed by atoms with Gasteiger partial charge in [0.1, 0.15) is 0 Å². The van der Waals surface area contributed by atoms with Crippen LogP contribution in [-0.4, -0.2) is 0 Å². The summed E-state index contributed by atoms with van der Waals surface area (Å²) in [5, 5.41) is 0. The van der Waals surface area contributed by atoms with E-state index in [9.17, 15) is 0 Å². The maximum absolute atomic E-state index is 2.83. The lowest BCUT2D eigenvalue weighted by Crippen LogP contribution is -2.65. The fourth-order valence-corrected chi connectivity index (χ4v) is 12.7. The highest BCUT2D eigenvalue weighted by atomic mass is 14.7. The summed E-state index contributed by atoms with van der Waals surface area (Å²) >= 11 is 0. The van der Waals surface area contributed by atoms with Crippen LogP contribution in [0.25, 0.3) is 0 Å². The molecule has 0 saturated heterocycles. The lowest BCUT2D eigenvalue weighted by Gasteiger charge is -2.73. The molecule has 0 nitrogen and oxygen atoms in total. The predicted octanol–water partition coefficient (Wildman–Crippen LogP) is 9.91. The standard InChI is InChI=1S/C32H56/c1-9-11-22(2)23-14-19-29(5)24(23)15-20-31(7)26(29)12-13-27-30(6)18-10-17-28(3,4)25(30)16-21-32(27,31)8/h22-27H,9-21H2,1-8H3. The van der Waals surface area contributed by atoms with Crippen LogP contribution in [0.5, 0.6) is 0 Å². The molecule has 0 spiro atoms. The van der Waals surface area contributed by atoms with Gasteiger partial charge in [-0.1, -0.05) is 74.7 Å². The molecule has 0 N–H and O–H groups in total. The molecular weight excluding hydrogens is 384 g/mol. The number of rotatable bonds is 3. The minimum absolute atomic E-state index is 0.559. The molecule has 10 unspecified atom stereocenters. The van der Waals surface area contributed by atoms with Crippen LogP contribution in [0.1, 0.15) is 139 Å². The van der Waals surface area contributed by atoms with Gasteiger partial charge in [0.2, 0.25) is 0 Å². The Bertz CT molecular complexity index is 720. The van der Waals surface area contributed by atoms with Crippen molar-refractivity contribution in [2.75, 3.05) is 0 Å². The van der Waals surface area contributed by atoms with Crippen LogP contribution >= 0.6 is 0 Å². The Labute approximate surface area is 201 Å². The molecule has 0 heterocycles. The van der Waals surface area contributed by atoms with Gasteiger partial charge in [0.05, 0.1) is 0 Å². The molecule has 32 heavy (non-hydrogen) atoms. The molecule has 0 amide bonds. The normalized spacial score (nSPS) is 55.3. The maximum atomic E-state index is 2.83. The first-order valence-corrected chi connectivity index (χ1v) is 14.9. The Morgan fingerprint density at radius 3 is 1.94 bits per heavy atom. The van der Waals surface area contributed by atoms with Gasteiger partial charge in [-0.05, 0) is 127 Å². The average Bonchev–Trinajstić information content (AvgIpc) is 3.05. The largest absolute Gasteiger partial charge is 0.0654 e. The molecule has 5 rings (SSSR count). The molecule has 0 bridgehead atoms. The molecule has 5 saturated carbocycles. The minimum atomic E-state index is 0.559. The monoisotopic (exact) mass is 440 g/mol. The number of hydrogen-bond donors (Lipinski definition) is 0. The fraction of sp³-hybridized carbons (Fsp3) is 1.00. The first kappa shape index (κ1) is 23.7. The Hall–Kier alpha value is 0. The van der Waals surface area contributed by atoms with Crippen molar-refractivity contribution in [2.24, 2.45) is 62.6 Å². The van der Waals surface area contributed by atoms with E-state index in [0.717, 1.165) is 35.5 Å². The van der Waals surface area contributed by atoms with Crippen LogP contribution in [0.15, 0.2) is 0 Å². The van der Waals surface area contributed by atoms with Gasteiger partial charge in [-0.2, -0.15) is 0 Å². The molecule has 5 aliphatic rings. The van der Waals surface area contributed by atoms with Crippen LogP contribution in [0.4, 0.5) is 0 Å². The summed E-state index contributed by atoms with van der Waals surface area (Å²) in [6, 6.07) is 0. The van der Waals surface area contributed by atoms with Crippen molar-refractivity contribution >= 4 is 0 Å². The summed E-state index contributed by atoms with van der Waals surface area (Å²) < 4.78 is 0. The first-order chi connectivity index (χ1) is 14.9. The van der Waals surface area contributed by atoms with Crippen LogP contribution in [0.3, 0.4) is 0 Å². The van der Waals surface area contributed by atoms with E-state index in [1.54, 1.807) is 6.42 Å². The average molecular weight is 441 g/mol. The van der Waals surface area contributed by atoms with E-state index in [2.05, 4.69) is 55.4 Å². The van der Waals surface area contributed by atoms with Gasteiger partial charge in [0.25, 0.3) is 0 Å². The summed E-state index contributed by atoms with van der Waals surface area (Å²) in [4.78, 5) is 0. The number of fused-ring (bicyclic) bond motifs is 7. The SMILES string of the molecule is CCCC(C)C1CCC2(C)C1CCC1(C)C2CCC2C3(C)CCCC(C)(C)C3CCC21C. The molecule has 5 fully saturated rings. The quantitative estimate of drug-likeness (QED) is 0.409. The number of hydrogen-bond acceptors (Lipinski definition) is 0. The molecule has 0 aromatic carbocycles. The lowest BCUT2D eigenvalue weighted by molar-refractivity contribution is -0.241. The maximum Gasteiger partial charge on any atom is -0.0235 e. The van der Waals surface area contributed by atoms with Crippen LogP contribution in [-0.2, 0) is 0 Å². The molecule has 10 atom stereocenters. The van der Waals surface area contributed by atoms with Crippen LogP contribution in [0, 0.1) is 62.6 Å². The van der Waals surface area contributed by atoms with Gasteiger partial charge in [-0.15, -0.1) is 0 Å². The second-order valence-electron chi connectivity index (χ2n) is 15.6. The van der Waals surface area contributed by atoms with Crippen molar-refractivity contribution in [1.82, 2.24) is 0 Å². The summed E-state index contributed by atoms with van der Waals surface area (Å²) in [6.07, 6.45) is 19.5. The van der Waals surface area contributed by atoms with Gasteiger partial charge in [0.15, 0.2) is 0 Å². The zero-order valence-corrected chi connectivity index (χ0v) is 23.2. The molecule has 0 aliphatic heterocycles. The highest BCUT2D eigenvalue weighted by Crippen LogP contribution is 2.78. The van der Waals surface area contributed by atoms with Gasteiger partial charge < -0.3 is 0 Å². The Kier molecular flexibility index (Phi) is 5.56. The van der Waals surface area contributed by atoms with E-state index in [-0.39, 0.29) is 0 Å². The smallest absolute Gasteiger partial charge is 0.0235 e. The van der Waals surface area contributed by atoms with E-state index in [0.29, 0.717) is 27.1 Å². The van der Waals surface area contributed by atoms with Crippen molar-refractivity contribution in [1.29, 1.82) is 0 Å². The summed E-state index contributed by atoms with van der Waals surface area (Å²) in [5.41, 5.74) is 2.91. The van der Waals surface area contributed by atoms with Gasteiger partial charge in [-0.3, -0.25) is 0 Å². The van der Waals surface area contributed by atoms with Crippen molar-refractivity contribution in [3.8, 4) is 0 Å². The van der Waals surface area contributed by atoms with Crippen molar-refractivity contribution in [3.05, 3.63) is 0 Å². The Balaban J connectivity index is 1.48. The van der Waals surface area contributed by atoms with E-state index < -0.39 is 0 Å². The van der Waals surface area contributed by atoms with Crippen molar-refractivity contribution in [3.63, 3.8) is 0 Å². The van der Waals surface area contributed by atoms with E-state index in [1.165, 1.54) is 77.0 Å². The van der Waals surface area contributed by atoms with Crippen LogP contribution in [0.2, 0.25) is 0 Å². The van der Waals surface area contributed by atoms with Crippen LogP contribution < -0.4 is 0 Å². The topological polar surface area (TPSA) is 0 Å². The summed E-state index contributed by atoms with van der Waals surface area (Å²) in [7, 11) is 0. The first-order valence-electron chi connectivity index (χ1n) is 14.9. The molecular formula is C32H56. The molecule has 0 heteroatoms. The van der Waals surface area contributed by atoms with E-state index in [4.69, 9.17) is 0 Å². The molecule has 0 radical (unpaired) electrons. The molecule has 0 aromatic heterocycles. The summed E-state index contributed by atoms with van der Waals surface area (Å²) in [5.74, 6) is 5.88. The second kappa shape index (κ2) is 7.50. The van der Waals surface area contributed by atoms with Gasteiger partial charge >= 0.3 is 0 Å². The minimum Gasteiger partial charge on any atom is -0.0654 e. The van der Waals surface area contributed by atoms with E-state index in [1.807, 2.05) is 0 Å². The Morgan fingerprint density at radius 2 is 1.28 bits per heavy atom. The molecule has 0 aromatic rings. The highest BCUT2D eigenvalue weighted by molar-refractivity contribution is 5.19. The van der Waals surface area contributed by atoms with Crippen molar-refractivity contribution in [2.45, 2.75) is 139 Å². The second-order valence-corrected chi connectivity index (χ2v) is 15.6. The van der Waals surface area contributed by atoms with Gasteiger partial charge in [0, 0.05) is 0 Å². The van der Waals surface area contributed by atoms with Crippen molar-refractivity contribution < 1.29 is 0 Å². The predicted molar refractivity (Wildman–Crippen MR) is 139 cm³/mol. The fourth-order valence-electron chi connectivity index (χ4n) is 12.7. The van der Waals surface area contributed by atoms with E-state index >= 15 is 0 Å². The molecule has 184 valence electrons.